The van der Waals surface area contributed by atoms with Gasteiger partial charge in [-0.05, 0) is 77.6 Å². The van der Waals surface area contributed by atoms with Gasteiger partial charge in [-0.1, -0.05) is 54.6 Å². The zero-order valence-electron chi connectivity index (χ0n) is 18.7. The van der Waals surface area contributed by atoms with Gasteiger partial charge in [0.1, 0.15) is 11.2 Å². The summed E-state index contributed by atoms with van der Waals surface area (Å²) in [6.45, 7) is 8.42. The van der Waals surface area contributed by atoms with Crippen molar-refractivity contribution in [3.05, 3.63) is 66.7 Å². The van der Waals surface area contributed by atoms with Crippen LogP contribution in [-0.4, -0.2) is 18.3 Å². The van der Waals surface area contributed by atoms with Gasteiger partial charge in [0, 0.05) is 10.8 Å². The molecule has 0 N–H and O–H groups in total. The summed E-state index contributed by atoms with van der Waals surface area (Å²) in [7, 11) is -0.420. The van der Waals surface area contributed by atoms with Crippen molar-refractivity contribution < 1.29 is 13.7 Å². The molecular weight excluding hydrogens is 395 g/mol. The average Bonchev–Trinajstić information content (AvgIpc) is 3.26. The number of fused-ring (bicyclic) bond motifs is 5. The highest BCUT2D eigenvalue weighted by molar-refractivity contribution is 6.66. The molecule has 1 saturated heterocycles. The summed E-state index contributed by atoms with van der Waals surface area (Å²) < 4.78 is 19.2. The second-order valence-electron chi connectivity index (χ2n) is 9.98. The number of furan rings is 1. The Kier molecular flexibility index (Phi) is 3.37. The highest BCUT2D eigenvalue weighted by atomic mass is 16.7. The molecule has 0 radical (unpaired) electrons. The Morgan fingerprint density at radius 3 is 1.78 bits per heavy atom. The molecule has 6 aromatic rings. The molecule has 2 heterocycles. The normalized spacial score (nSPS) is 18.2. The topological polar surface area (TPSA) is 31.6 Å². The van der Waals surface area contributed by atoms with E-state index >= 15 is 0 Å². The van der Waals surface area contributed by atoms with Gasteiger partial charge in [-0.25, -0.2) is 0 Å². The van der Waals surface area contributed by atoms with E-state index in [9.17, 15) is 0 Å². The van der Waals surface area contributed by atoms with E-state index < -0.39 is 18.3 Å². The van der Waals surface area contributed by atoms with Crippen molar-refractivity contribution in [1.29, 1.82) is 0 Å². The van der Waals surface area contributed by atoms with Crippen molar-refractivity contribution in [3.8, 4) is 0 Å². The molecule has 1 aliphatic heterocycles. The van der Waals surface area contributed by atoms with E-state index in [2.05, 4.69) is 94.4 Å². The van der Waals surface area contributed by atoms with Crippen molar-refractivity contribution in [2.75, 3.05) is 0 Å². The molecule has 0 atom stereocenters. The van der Waals surface area contributed by atoms with Crippen LogP contribution in [0.4, 0.5) is 0 Å². The van der Waals surface area contributed by atoms with Crippen LogP contribution in [-0.2, 0) is 9.31 Å². The zero-order valence-corrected chi connectivity index (χ0v) is 18.7. The fourth-order valence-corrected chi connectivity index (χ4v) is 5.37. The summed E-state index contributed by atoms with van der Waals surface area (Å²) in [5, 5.41) is 9.69. The van der Waals surface area contributed by atoms with Gasteiger partial charge < -0.3 is 13.7 Å². The van der Waals surface area contributed by atoms with E-state index in [0.717, 1.165) is 16.6 Å². The molecule has 156 valence electrons. The van der Waals surface area contributed by atoms with Crippen LogP contribution in [0, 0.1) is 0 Å². The third-order valence-corrected chi connectivity index (χ3v) is 7.67. The molecule has 5 aromatic carbocycles. The van der Waals surface area contributed by atoms with E-state index in [-0.39, 0.29) is 0 Å². The van der Waals surface area contributed by atoms with E-state index in [1.54, 1.807) is 0 Å². The largest absolute Gasteiger partial charge is 0.495 e. The molecule has 7 rings (SSSR count). The average molecular weight is 418 g/mol. The van der Waals surface area contributed by atoms with E-state index in [4.69, 9.17) is 13.7 Å². The molecule has 1 aromatic heterocycles. The Morgan fingerprint density at radius 1 is 0.562 bits per heavy atom. The lowest BCUT2D eigenvalue weighted by Gasteiger charge is -2.32. The van der Waals surface area contributed by atoms with Crippen LogP contribution >= 0.6 is 0 Å². The first kappa shape index (κ1) is 18.5. The molecule has 0 spiro atoms. The maximum atomic E-state index is 6.49. The Hall–Kier alpha value is -3.08. The van der Waals surface area contributed by atoms with Gasteiger partial charge in [-0.15, -0.1) is 0 Å². The molecule has 32 heavy (non-hydrogen) atoms. The molecule has 3 nitrogen and oxygen atoms in total. The lowest BCUT2D eigenvalue weighted by molar-refractivity contribution is 0.00578. The van der Waals surface area contributed by atoms with Gasteiger partial charge in [-0.3, -0.25) is 0 Å². The Balaban J connectivity index is 1.68. The minimum absolute atomic E-state index is 0.391. The Bertz CT molecular complexity index is 1680. The minimum Gasteiger partial charge on any atom is -0.456 e. The van der Waals surface area contributed by atoms with Crippen LogP contribution in [0.5, 0.6) is 0 Å². The summed E-state index contributed by atoms with van der Waals surface area (Å²) in [4.78, 5) is 0. The zero-order chi connectivity index (χ0) is 21.8. The molecule has 0 amide bonds. The van der Waals surface area contributed by atoms with Crippen molar-refractivity contribution >= 4 is 66.8 Å². The summed E-state index contributed by atoms with van der Waals surface area (Å²) in [5.41, 5.74) is 2.17. The van der Waals surface area contributed by atoms with Gasteiger partial charge in [0.2, 0.25) is 0 Å². The van der Waals surface area contributed by atoms with Crippen LogP contribution in [0.3, 0.4) is 0 Å². The number of hydrogen-bond donors (Lipinski definition) is 0. The molecule has 1 aliphatic rings. The first-order valence-electron chi connectivity index (χ1n) is 11.2. The molecule has 0 saturated carbocycles. The van der Waals surface area contributed by atoms with E-state index in [1.807, 2.05) is 0 Å². The molecule has 4 heteroatoms. The summed E-state index contributed by atoms with van der Waals surface area (Å²) in [6, 6.07) is 23.6. The highest BCUT2D eigenvalue weighted by Crippen LogP contribution is 2.44. The number of hydrogen-bond acceptors (Lipinski definition) is 3. The third kappa shape index (κ3) is 2.19. The van der Waals surface area contributed by atoms with Crippen molar-refractivity contribution in [3.63, 3.8) is 0 Å². The number of benzene rings is 5. The molecular formula is C28H23BO3. The fourth-order valence-electron chi connectivity index (χ4n) is 5.37. The monoisotopic (exact) mass is 418 g/mol. The molecule has 0 aliphatic carbocycles. The van der Waals surface area contributed by atoms with Crippen LogP contribution in [0.2, 0.25) is 0 Å². The van der Waals surface area contributed by atoms with Crippen molar-refractivity contribution in [1.82, 2.24) is 0 Å². The Labute approximate surface area is 186 Å². The van der Waals surface area contributed by atoms with Gasteiger partial charge in [0.25, 0.3) is 0 Å². The van der Waals surface area contributed by atoms with Crippen molar-refractivity contribution in [2.24, 2.45) is 0 Å². The molecule has 1 fully saturated rings. The lowest BCUT2D eigenvalue weighted by Crippen LogP contribution is -2.41. The number of rotatable bonds is 1. The summed E-state index contributed by atoms with van der Waals surface area (Å²) in [6.07, 6.45) is 0. The van der Waals surface area contributed by atoms with Crippen LogP contribution in [0.1, 0.15) is 27.7 Å². The van der Waals surface area contributed by atoms with Gasteiger partial charge in [0.15, 0.2) is 0 Å². The second-order valence-corrected chi connectivity index (χ2v) is 9.98. The van der Waals surface area contributed by atoms with Crippen LogP contribution < -0.4 is 5.46 Å². The highest BCUT2D eigenvalue weighted by Gasteiger charge is 2.52. The van der Waals surface area contributed by atoms with Gasteiger partial charge >= 0.3 is 7.12 Å². The lowest BCUT2D eigenvalue weighted by atomic mass is 9.74. The molecule has 0 bridgehead atoms. The second kappa shape index (κ2) is 5.83. The third-order valence-electron chi connectivity index (χ3n) is 7.67. The standard InChI is InChI=1S/C28H23BO3/c1-27(2)28(3,4)32-29(31-27)21-15-20-18-11-7-13-22-25(18)26-19(12-8-14-23(26)30-22)24(20)17-10-6-5-9-16(17)21/h5-15H,1-4H3. The first-order chi connectivity index (χ1) is 15.4. The van der Waals surface area contributed by atoms with Crippen LogP contribution in [0.15, 0.2) is 71.1 Å². The van der Waals surface area contributed by atoms with Crippen molar-refractivity contribution in [2.45, 2.75) is 38.9 Å². The van der Waals surface area contributed by atoms with Gasteiger partial charge in [-0.2, -0.15) is 0 Å². The Morgan fingerprint density at radius 2 is 1.09 bits per heavy atom. The van der Waals surface area contributed by atoms with E-state index in [1.165, 1.54) is 43.1 Å². The predicted molar refractivity (Wildman–Crippen MR) is 133 cm³/mol. The first-order valence-corrected chi connectivity index (χ1v) is 11.2. The smallest absolute Gasteiger partial charge is 0.456 e. The maximum Gasteiger partial charge on any atom is 0.495 e. The SMILES string of the molecule is CC1(C)OB(c2cc3c4cccc5oc6cccc(c3c3ccccc23)c6c54)OC1(C)C. The van der Waals surface area contributed by atoms with Crippen LogP contribution in [0.25, 0.3) is 54.3 Å². The van der Waals surface area contributed by atoms with E-state index in [0.29, 0.717) is 0 Å². The maximum absolute atomic E-state index is 6.49. The fraction of sp³-hybridized carbons (Fsp3) is 0.214. The van der Waals surface area contributed by atoms with Gasteiger partial charge in [0.05, 0.1) is 11.2 Å². The summed E-state index contributed by atoms with van der Waals surface area (Å²) in [5.74, 6) is 0. The minimum atomic E-state index is -0.420. The molecule has 0 unspecified atom stereocenters. The quantitative estimate of drug-likeness (QED) is 0.218. The predicted octanol–water partition coefficient (Wildman–Crippen LogP) is 6.78. The summed E-state index contributed by atoms with van der Waals surface area (Å²) >= 11 is 0.